The second-order valence-corrected chi connectivity index (χ2v) is 4.65. The number of thiazole rings is 1. The molecule has 0 aromatic carbocycles. The van der Waals surface area contributed by atoms with Crippen molar-refractivity contribution in [2.45, 2.75) is 32.9 Å². The van der Waals surface area contributed by atoms with E-state index in [-0.39, 0.29) is 12.1 Å². The Hall–Kier alpha value is -0.450. The Balaban J connectivity index is 2.77. The van der Waals surface area contributed by atoms with Gasteiger partial charge in [-0.2, -0.15) is 0 Å². The van der Waals surface area contributed by atoms with Gasteiger partial charge in [0.25, 0.3) is 0 Å². The highest BCUT2D eigenvalue weighted by molar-refractivity contribution is 7.09. The summed E-state index contributed by atoms with van der Waals surface area (Å²) in [5.41, 5.74) is 6.97. The van der Waals surface area contributed by atoms with Crippen molar-refractivity contribution in [3.63, 3.8) is 0 Å². The maximum absolute atomic E-state index is 6.00. The van der Waals surface area contributed by atoms with E-state index < -0.39 is 0 Å². The highest BCUT2D eigenvalue weighted by Gasteiger charge is 2.16. The molecule has 1 heterocycles. The van der Waals surface area contributed by atoms with E-state index in [2.05, 4.69) is 18.8 Å². The summed E-state index contributed by atoms with van der Waals surface area (Å²) in [5.74, 6) is 0.419. The fraction of sp³-hybridized carbons (Fsp3) is 0.700. The molecule has 2 atom stereocenters. The van der Waals surface area contributed by atoms with Crippen molar-refractivity contribution in [3.8, 4) is 0 Å². The molecule has 4 heteroatoms. The van der Waals surface area contributed by atoms with Gasteiger partial charge in [0.2, 0.25) is 0 Å². The molecule has 0 spiro atoms. The molecule has 0 fully saturated rings. The van der Waals surface area contributed by atoms with Gasteiger partial charge in [0, 0.05) is 12.5 Å². The van der Waals surface area contributed by atoms with Crippen LogP contribution in [0.3, 0.4) is 0 Å². The molecule has 0 saturated carbocycles. The molecule has 0 saturated heterocycles. The zero-order chi connectivity index (χ0) is 10.7. The van der Waals surface area contributed by atoms with E-state index in [1.54, 1.807) is 18.4 Å². The third kappa shape index (κ3) is 2.53. The number of hydrogen-bond acceptors (Lipinski definition) is 4. The van der Waals surface area contributed by atoms with Crippen LogP contribution < -0.4 is 5.73 Å². The van der Waals surface area contributed by atoms with E-state index in [0.29, 0.717) is 5.92 Å². The van der Waals surface area contributed by atoms with E-state index in [1.165, 1.54) is 0 Å². The SMILES string of the molecule is COC(C)c1nc(C(N)C(C)C)cs1. The molecule has 2 unspecified atom stereocenters. The van der Waals surface area contributed by atoms with Crippen LogP contribution in [0.5, 0.6) is 0 Å². The van der Waals surface area contributed by atoms with Gasteiger partial charge >= 0.3 is 0 Å². The standard InChI is InChI=1S/C10H18N2OS/c1-6(2)9(11)8-5-14-10(12-8)7(3)13-4/h5-7,9H,11H2,1-4H3. The van der Waals surface area contributed by atoms with Gasteiger partial charge in [-0.05, 0) is 12.8 Å². The smallest absolute Gasteiger partial charge is 0.122 e. The summed E-state index contributed by atoms with van der Waals surface area (Å²) in [6.07, 6.45) is 0.0631. The van der Waals surface area contributed by atoms with Gasteiger partial charge in [0.15, 0.2) is 0 Å². The largest absolute Gasteiger partial charge is 0.375 e. The Morgan fingerprint density at radius 2 is 2.07 bits per heavy atom. The predicted molar refractivity (Wildman–Crippen MR) is 59.3 cm³/mol. The van der Waals surface area contributed by atoms with Crippen LogP contribution in [-0.2, 0) is 4.74 Å². The molecule has 0 bridgehead atoms. The molecule has 0 amide bonds. The van der Waals surface area contributed by atoms with Gasteiger partial charge in [0.1, 0.15) is 11.1 Å². The van der Waals surface area contributed by atoms with Crippen LogP contribution in [0, 0.1) is 5.92 Å². The van der Waals surface area contributed by atoms with Crippen molar-refractivity contribution in [2.75, 3.05) is 7.11 Å². The Morgan fingerprint density at radius 1 is 1.43 bits per heavy atom. The molecule has 0 aliphatic rings. The van der Waals surface area contributed by atoms with Crippen LogP contribution in [0.2, 0.25) is 0 Å². The van der Waals surface area contributed by atoms with E-state index in [0.717, 1.165) is 10.7 Å². The van der Waals surface area contributed by atoms with E-state index in [9.17, 15) is 0 Å². The van der Waals surface area contributed by atoms with Crippen LogP contribution in [0.25, 0.3) is 0 Å². The van der Waals surface area contributed by atoms with Crippen LogP contribution in [0.1, 0.15) is 43.6 Å². The summed E-state index contributed by atoms with van der Waals surface area (Å²) in [6, 6.07) is 0.0315. The second kappa shape index (κ2) is 4.87. The summed E-state index contributed by atoms with van der Waals surface area (Å²) >= 11 is 1.61. The van der Waals surface area contributed by atoms with Crippen molar-refractivity contribution in [1.29, 1.82) is 0 Å². The van der Waals surface area contributed by atoms with Gasteiger partial charge in [0.05, 0.1) is 11.7 Å². The molecule has 1 aromatic rings. The molecule has 1 aromatic heterocycles. The highest BCUT2D eigenvalue weighted by atomic mass is 32.1. The second-order valence-electron chi connectivity index (χ2n) is 3.76. The molecule has 3 nitrogen and oxygen atoms in total. The fourth-order valence-electron chi connectivity index (χ4n) is 1.08. The van der Waals surface area contributed by atoms with E-state index >= 15 is 0 Å². The molecular weight excluding hydrogens is 196 g/mol. The van der Waals surface area contributed by atoms with Crippen molar-refractivity contribution >= 4 is 11.3 Å². The molecule has 1 rings (SSSR count). The number of rotatable bonds is 4. The molecule has 80 valence electrons. The minimum atomic E-state index is 0.0315. The van der Waals surface area contributed by atoms with Gasteiger partial charge in [-0.15, -0.1) is 11.3 Å². The molecule has 0 radical (unpaired) electrons. The first kappa shape index (κ1) is 11.6. The lowest BCUT2D eigenvalue weighted by atomic mass is 10.0. The average Bonchev–Trinajstić information content (AvgIpc) is 2.64. The number of nitrogens with two attached hydrogens (primary N) is 1. The number of methoxy groups -OCH3 is 1. The normalized spacial score (nSPS) is 15.9. The van der Waals surface area contributed by atoms with Crippen molar-refractivity contribution in [1.82, 2.24) is 4.98 Å². The highest BCUT2D eigenvalue weighted by Crippen LogP contribution is 2.25. The van der Waals surface area contributed by atoms with E-state index in [4.69, 9.17) is 10.5 Å². The third-order valence-corrected chi connectivity index (χ3v) is 3.32. The molecule has 2 N–H and O–H groups in total. The average molecular weight is 214 g/mol. The Bertz CT molecular complexity index is 285. The van der Waals surface area contributed by atoms with Gasteiger partial charge in [-0.1, -0.05) is 13.8 Å². The molecule has 14 heavy (non-hydrogen) atoms. The summed E-state index contributed by atoms with van der Waals surface area (Å²) in [4.78, 5) is 4.47. The Kier molecular flexibility index (Phi) is 4.04. The zero-order valence-electron chi connectivity index (χ0n) is 9.15. The molecular formula is C10H18N2OS. The van der Waals surface area contributed by atoms with Crippen LogP contribution in [-0.4, -0.2) is 12.1 Å². The number of hydrogen-bond donors (Lipinski definition) is 1. The minimum Gasteiger partial charge on any atom is -0.375 e. The van der Waals surface area contributed by atoms with Gasteiger partial charge in [-0.3, -0.25) is 0 Å². The fourth-order valence-corrected chi connectivity index (χ4v) is 1.98. The Morgan fingerprint density at radius 3 is 2.57 bits per heavy atom. The quantitative estimate of drug-likeness (QED) is 0.837. The first-order valence-electron chi connectivity index (χ1n) is 4.80. The third-order valence-electron chi connectivity index (χ3n) is 2.30. The zero-order valence-corrected chi connectivity index (χ0v) is 9.97. The van der Waals surface area contributed by atoms with Gasteiger partial charge < -0.3 is 10.5 Å². The first-order chi connectivity index (χ1) is 6.56. The maximum Gasteiger partial charge on any atom is 0.122 e. The lowest BCUT2D eigenvalue weighted by Gasteiger charge is -2.12. The van der Waals surface area contributed by atoms with Crippen molar-refractivity contribution in [2.24, 2.45) is 11.7 Å². The summed E-state index contributed by atoms with van der Waals surface area (Å²) in [5, 5.41) is 3.02. The molecule has 0 aliphatic carbocycles. The van der Waals surface area contributed by atoms with Crippen LogP contribution in [0.15, 0.2) is 5.38 Å². The van der Waals surface area contributed by atoms with Gasteiger partial charge in [-0.25, -0.2) is 4.98 Å². The van der Waals surface area contributed by atoms with Crippen molar-refractivity contribution in [3.05, 3.63) is 16.1 Å². The topological polar surface area (TPSA) is 48.1 Å². The van der Waals surface area contributed by atoms with Crippen LogP contribution >= 0.6 is 11.3 Å². The lowest BCUT2D eigenvalue weighted by Crippen LogP contribution is -2.17. The maximum atomic E-state index is 6.00. The predicted octanol–water partition coefficient (Wildman–Crippen LogP) is 2.51. The summed E-state index contributed by atoms with van der Waals surface area (Å²) < 4.78 is 5.20. The monoisotopic (exact) mass is 214 g/mol. The molecule has 0 aliphatic heterocycles. The van der Waals surface area contributed by atoms with Crippen molar-refractivity contribution < 1.29 is 4.74 Å². The minimum absolute atomic E-state index is 0.0315. The first-order valence-corrected chi connectivity index (χ1v) is 5.68. The Labute approximate surface area is 89.3 Å². The van der Waals surface area contributed by atoms with Crippen LogP contribution in [0.4, 0.5) is 0 Å². The summed E-state index contributed by atoms with van der Waals surface area (Å²) in [6.45, 7) is 6.19. The number of nitrogens with zero attached hydrogens (tertiary/aromatic N) is 1. The van der Waals surface area contributed by atoms with E-state index in [1.807, 2.05) is 12.3 Å². The summed E-state index contributed by atoms with van der Waals surface area (Å²) in [7, 11) is 1.69. The number of ether oxygens (including phenoxy) is 1. The number of aromatic nitrogens is 1. The lowest BCUT2D eigenvalue weighted by molar-refractivity contribution is 0.119.